The number of nitrogens with one attached hydrogen (secondary N) is 1. The fourth-order valence-corrected chi connectivity index (χ4v) is 3.36. The van der Waals surface area contributed by atoms with Crippen LogP contribution in [0.4, 0.5) is 0 Å². The van der Waals surface area contributed by atoms with Crippen LogP contribution in [-0.4, -0.2) is 46.7 Å². The Hall–Kier alpha value is -3.84. The van der Waals surface area contributed by atoms with E-state index in [9.17, 15) is 14.4 Å². The van der Waals surface area contributed by atoms with Crippen LogP contribution in [0.2, 0.25) is 0 Å². The van der Waals surface area contributed by atoms with Crippen molar-refractivity contribution in [2.45, 2.75) is 38.6 Å². The number of ether oxygens (including phenoxy) is 1. The van der Waals surface area contributed by atoms with Crippen LogP contribution in [0.25, 0.3) is 0 Å². The summed E-state index contributed by atoms with van der Waals surface area (Å²) in [6, 6.07) is 23.1. The third kappa shape index (κ3) is 7.35. The number of rotatable bonds is 11. The van der Waals surface area contributed by atoms with E-state index in [2.05, 4.69) is 10.3 Å². The smallest absolute Gasteiger partial charge is 0.292 e. The number of nitrogens with zero attached hydrogens (tertiary/aromatic N) is 2. The molecule has 0 aliphatic carbocycles. The Labute approximate surface area is 199 Å². The second-order valence-electron chi connectivity index (χ2n) is 8.04. The number of hydrogen-bond donors (Lipinski definition) is 1. The first kappa shape index (κ1) is 24.8. The van der Waals surface area contributed by atoms with E-state index in [1.807, 2.05) is 66.7 Å². The minimum absolute atomic E-state index is 0.188. The number of benzene rings is 2. The first-order chi connectivity index (χ1) is 16.4. The van der Waals surface area contributed by atoms with Gasteiger partial charge in [0.05, 0.1) is 18.8 Å². The number of amides is 2. The maximum Gasteiger partial charge on any atom is 0.292 e. The Kier molecular flexibility index (Phi) is 9.05. The van der Waals surface area contributed by atoms with E-state index in [1.54, 1.807) is 32.3 Å². The van der Waals surface area contributed by atoms with E-state index in [0.717, 1.165) is 11.1 Å². The minimum atomic E-state index is -1.02. The largest absolute Gasteiger partial charge is 0.364 e. The summed E-state index contributed by atoms with van der Waals surface area (Å²) in [5.41, 5.74) is 2.43. The molecule has 0 unspecified atom stereocenters. The fourth-order valence-electron chi connectivity index (χ4n) is 3.36. The maximum absolute atomic E-state index is 13.1. The molecule has 176 valence electrons. The zero-order chi connectivity index (χ0) is 24.3. The van der Waals surface area contributed by atoms with Gasteiger partial charge in [-0.25, -0.2) is 0 Å². The molecule has 0 bridgehead atoms. The molecule has 7 nitrogen and oxygen atoms in total. The molecule has 2 amide bonds. The van der Waals surface area contributed by atoms with Crippen LogP contribution >= 0.6 is 0 Å². The van der Waals surface area contributed by atoms with Crippen LogP contribution in [0.15, 0.2) is 85.1 Å². The second kappa shape index (κ2) is 12.4. The number of aromatic nitrogens is 1. The standard InChI is InChI=1S/C27H29N3O4/c1-20(34-19-22-13-7-4-8-14-22)26(32)29-24(17-21-11-5-3-6-12-21)25(31)27(33)30(2)18-23-15-9-10-16-28-23/h3-16,20,24H,17-19H2,1-2H3,(H,29,32)/t20-,24-/m1/s1. The molecule has 7 heteroatoms. The molecule has 0 spiro atoms. The number of hydrogen-bond acceptors (Lipinski definition) is 5. The summed E-state index contributed by atoms with van der Waals surface area (Å²) >= 11 is 0. The summed E-state index contributed by atoms with van der Waals surface area (Å²) in [7, 11) is 1.54. The van der Waals surface area contributed by atoms with Gasteiger partial charge < -0.3 is 15.0 Å². The van der Waals surface area contributed by atoms with E-state index in [0.29, 0.717) is 5.69 Å². The quantitative estimate of drug-likeness (QED) is 0.446. The summed E-state index contributed by atoms with van der Waals surface area (Å²) < 4.78 is 5.68. The van der Waals surface area contributed by atoms with Crippen LogP contribution in [-0.2, 0) is 38.7 Å². The Bertz CT molecular complexity index is 1070. The summed E-state index contributed by atoms with van der Waals surface area (Å²) in [4.78, 5) is 44.4. The lowest BCUT2D eigenvalue weighted by atomic mass is 10.0. The van der Waals surface area contributed by atoms with E-state index in [1.165, 1.54) is 4.90 Å². The zero-order valence-corrected chi connectivity index (χ0v) is 19.4. The molecule has 1 N–H and O–H groups in total. The van der Waals surface area contributed by atoms with Crippen LogP contribution in [0.5, 0.6) is 0 Å². The lowest BCUT2D eigenvalue weighted by Crippen LogP contribution is -2.51. The van der Waals surface area contributed by atoms with Crippen molar-refractivity contribution in [1.82, 2.24) is 15.2 Å². The Morgan fingerprint density at radius 1 is 0.912 bits per heavy atom. The van der Waals surface area contributed by atoms with Crippen molar-refractivity contribution >= 4 is 17.6 Å². The highest BCUT2D eigenvalue weighted by Crippen LogP contribution is 2.09. The highest BCUT2D eigenvalue weighted by atomic mass is 16.5. The van der Waals surface area contributed by atoms with Crippen molar-refractivity contribution in [3.63, 3.8) is 0 Å². The molecule has 0 radical (unpaired) electrons. The van der Waals surface area contributed by atoms with E-state index in [-0.39, 0.29) is 19.6 Å². The Morgan fingerprint density at radius 3 is 2.15 bits per heavy atom. The first-order valence-electron chi connectivity index (χ1n) is 11.1. The van der Waals surface area contributed by atoms with Gasteiger partial charge in [0, 0.05) is 19.7 Å². The van der Waals surface area contributed by atoms with Gasteiger partial charge in [0.15, 0.2) is 0 Å². The summed E-state index contributed by atoms with van der Waals surface area (Å²) in [5.74, 6) is -1.83. The van der Waals surface area contributed by atoms with Crippen molar-refractivity contribution in [1.29, 1.82) is 0 Å². The predicted octanol–water partition coefficient (Wildman–Crippen LogP) is 2.94. The van der Waals surface area contributed by atoms with Gasteiger partial charge in [0.1, 0.15) is 12.1 Å². The SMILES string of the molecule is C[C@@H](OCc1ccccc1)C(=O)N[C@H](Cc1ccccc1)C(=O)C(=O)N(C)Cc1ccccn1. The first-order valence-corrected chi connectivity index (χ1v) is 11.1. The number of Topliss-reactive ketones (excluding diaryl/α,β-unsaturated/α-hetero) is 1. The van der Waals surface area contributed by atoms with Gasteiger partial charge in [0.25, 0.3) is 5.91 Å². The molecule has 2 aromatic carbocycles. The van der Waals surface area contributed by atoms with Gasteiger partial charge in [0.2, 0.25) is 11.7 Å². The molecule has 0 saturated heterocycles. The minimum Gasteiger partial charge on any atom is -0.364 e. The summed E-state index contributed by atoms with van der Waals surface area (Å²) in [6.45, 7) is 2.07. The predicted molar refractivity (Wildman–Crippen MR) is 128 cm³/mol. The Morgan fingerprint density at radius 2 is 1.53 bits per heavy atom. The van der Waals surface area contributed by atoms with Crippen molar-refractivity contribution in [3.05, 3.63) is 102 Å². The third-order valence-electron chi connectivity index (χ3n) is 5.31. The zero-order valence-electron chi connectivity index (χ0n) is 19.4. The van der Waals surface area contributed by atoms with Crippen molar-refractivity contribution in [2.24, 2.45) is 0 Å². The molecule has 0 aliphatic heterocycles. The van der Waals surface area contributed by atoms with E-state index < -0.39 is 29.7 Å². The lowest BCUT2D eigenvalue weighted by Gasteiger charge is -2.23. The average molecular weight is 460 g/mol. The highest BCUT2D eigenvalue weighted by molar-refractivity contribution is 6.38. The molecule has 0 aliphatic rings. The van der Waals surface area contributed by atoms with Crippen LogP contribution in [0.3, 0.4) is 0 Å². The molecular weight excluding hydrogens is 430 g/mol. The van der Waals surface area contributed by atoms with E-state index >= 15 is 0 Å². The number of likely N-dealkylation sites (N-methyl/N-ethyl adjacent to an activating group) is 1. The van der Waals surface area contributed by atoms with Crippen LogP contribution < -0.4 is 5.32 Å². The van der Waals surface area contributed by atoms with Crippen molar-refractivity contribution in [2.75, 3.05) is 7.05 Å². The van der Waals surface area contributed by atoms with Crippen molar-refractivity contribution in [3.8, 4) is 0 Å². The molecule has 3 aromatic rings. The van der Waals surface area contributed by atoms with Crippen LogP contribution in [0.1, 0.15) is 23.7 Å². The molecule has 1 aromatic heterocycles. The number of carbonyl (C=O) groups is 3. The maximum atomic E-state index is 13.1. The van der Waals surface area contributed by atoms with Gasteiger partial charge in [-0.2, -0.15) is 0 Å². The topological polar surface area (TPSA) is 88.6 Å². The fraction of sp³-hybridized carbons (Fsp3) is 0.259. The second-order valence-corrected chi connectivity index (χ2v) is 8.04. The highest BCUT2D eigenvalue weighted by Gasteiger charge is 2.31. The molecule has 0 fully saturated rings. The van der Waals surface area contributed by atoms with Gasteiger partial charge in [-0.05, 0) is 30.2 Å². The molecule has 2 atom stereocenters. The monoisotopic (exact) mass is 459 g/mol. The van der Waals surface area contributed by atoms with Crippen molar-refractivity contribution < 1.29 is 19.1 Å². The van der Waals surface area contributed by atoms with Gasteiger partial charge in [-0.1, -0.05) is 66.7 Å². The third-order valence-corrected chi connectivity index (χ3v) is 5.31. The lowest BCUT2D eigenvalue weighted by molar-refractivity contribution is -0.146. The van der Waals surface area contributed by atoms with Gasteiger partial charge >= 0.3 is 0 Å². The van der Waals surface area contributed by atoms with E-state index in [4.69, 9.17) is 4.74 Å². The Balaban J connectivity index is 1.67. The molecule has 3 rings (SSSR count). The van der Waals surface area contributed by atoms with Gasteiger partial charge in [-0.15, -0.1) is 0 Å². The summed E-state index contributed by atoms with van der Waals surface area (Å²) in [5, 5.41) is 2.72. The number of carbonyl (C=O) groups excluding carboxylic acids is 3. The molecular formula is C27H29N3O4. The number of pyridine rings is 1. The molecule has 34 heavy (non-hydrogen) atoms. The molecule has 0 saturated carbocycles. The van der Waals surface area contributed by atoms with Crippen LogP contribution in [0, 0.1) is 0 Å². The van der Waals surface area contributed by atoms with Gasteiger partial charge in [-0.3, -0.25) is 19.4 Å². The normalized spacial score (nSPS) is 12.4. The number of ketones is 1. The molecule has 1 heterocycles. The average Bonchev–Trinajstić information content (AvgIpc) is 2.87. The summed E-state index contributed by atoms with van der Waals surface area (Å²) in [6.07, 6.45) is 1.03.